The van der Waals surface area contributed by atoms with E-state index in [2.05, 4.69) is 10.3 Å². The first-order valence-electron chi connectivity index (χ1n) is 4.36. The average Bonchev–Trinajstić information content (AvgIpc) is 2.18. The number of anilines is 1. The molecule has 0 saturated heterocycles. The number of pyridine rings is 1. The second-order valence-electron chi connectivity index (χ2n) is 2.73. The molecule has 0 unspecified atom stereocenters. The summed E-state index contributed by atoms with van der Waals surface area (Å²) >= 11 is 0. The van der Waals surface area contributed by atoms with Crippen LogP contribution in [0.5, 0.6) is 0 Å². The van der Waals surface area contributed by atoms with Crippen molar-refractivity contribution in [3.05, 3.63) is 36.0 Å². The Balaban J connectivity index is 2.60. The zero-order valence-corrected chi connectivity index (χ0v) is 8.03. The van der Waals surface area contributed by atoms with Crippen LogP contribution in [-0.2, 0) is 0 Å². The monoisotopic (exact) mass is 191 g/mol. The van der Waals surface area contributed by atoms with Crippen LogP contribution in [0.4, 0.5) is 5.82 Å². The highest BCUT2D eigenvalue weighted by molar-refractivity contribution is 5.92. The van der Waals surface area contributed by atoms with Crippen molar-refractivity contribution < 1.29 is 4.79 Å². The van der Waals surface area contributed by atoms with Gasteiger partial charge < -0.3 is 11.1 Å². The highest BCUT2D eigenvalue weighted by Gasteiger charge is 2.04. The van der Waals surface area contributed by atoms with Crippen molar-refractivity contribution in [1.29, 1.82) is 0 Å². The number of allylic oxidation sites excluding steroid dienone is 1. The van der Waals surface area contributed by atoms with Gasteiger partial charge in [0.2, 0.25) is 0 Å². The highest BCUT2D eigenvalue weighted by Crippen LogP contribution is 1.99. The number of amides is 1. The first-order valence-corrected chi connectivity index (χ1v) is 4.36. The lowest BCUT2D eigenvalue weighted by Crippen LogP contribution is -2.24. The molecule has 0 aromatic carbocycles. The zero-order chi connectivity index (χ0) is 10.4. The topological polar surface area (TPSA) is 68.0 Å². The summed E-state index contributed by atoms with van der Waals surface area (Å²) < 4.78 is 0. The van der Waals surface area contributed by atoms with Crippen LogP contribution in [0.15, 0.2) is 30.4 Å². The van der Waals surface area contributed by atoms with Gasteiger partial charge in [0.1, 0.15) is 11.5 Å². The van der Waals surface area contributed by atoms with Gasteiger partial charge in [-0.1, -0.05) is 18.2 Å². The second-order valence-corrected chi connectivity index (χ2v) is 2.73. The minimum Gasteiger partial charge on any atom is -0.384 e. The van der Waals surface area contributed by atoms with Gasteiger partial charge >= 0.3 is 0 Å². The predicted octanol–water partition coefficient (Wildman–Crippen LogP) is 0.970. The number of carbonyl (C=O) groups is 1. The summed E-state index contributed by atoms with van der Waals surface area (Å²) in [4.78, 5) is 15.3. The number of nitrogen functional groups attached to an aromatic ring is 1. The quantitative estimate of drug-likeness (QED) is 0.699. The summed E-state index contributed by atoms with van der Waals surface area (Å²) in [5.74, 6) is 0.138. The van der Waals surface area contributed by atoms with Crippen LogP contribution < -0.4 is 11.1 Å². The largest absolute Gasteiger partial charge is 0.384 e. The molecule has 14 heavy (non-hydrogen) atoms. The van der Waals surface area contributed by atoms with E-state index < -0.39 is 0 Å². The predicted molar refractivity (Wildman–Crippen MR) is 55.8 cm³/mol. The molecule has 0 saturated carbocycles. The number of nitrogens with zero attached hydrogens (tertiary/aromatic N) is 1. The molecule has 0 aliphatic carbocycles. The maximum atomic E-state index is 11.4. The minimum atomic E-state index is -0.213. The van der Waals surface area contributed by atoms with Crippen molar-refractivity contribution >= 4 is 11.7 Å². The van der Waals surface area contributed by atoms with Crippen molar-refractivity contribution in [2.24, 2.45) is 0 Å². The summed E-state index contributed by atoms with van der Waals surface area (Å²) in [7, 11) is 0. The smallest absolute Gasteiger partial charge is 0.270 e. The molecule has 0 bridgehead atoms. The van der Waals surface area contributed by atoms with Gasteiger partial charge in [-0.15, -0.1) is 0 Å². The molecule has 0 radical (unpaired) electrons. The van der Waals surface area contributed by atoms with E-state index >= 15 is 0 Å². The molecule has 3 N–H and O–H groups in total. The van der Waals surface area contributed by atoms with E-state index in [1.54, 1.807) is 18.2 Å². The van der Waals surface area contributed by atoms with E-state index in [1.165, 1.54) is 0 Å². The molecule has 1 aromatic heterocycles. The number of hydrogen-bond acceptors (Lipinski definition) is 3. The minimum absolute atomic E-state index is 0.213. The van der Waals surface area contributed by atoms with Gasteiger partial charge in [0.25, 0.3) is 5.91 Å². The van der Waals surface area contributed by atoms with E-state index in [1.807, 2.05) is 19.1 Å². The Morgan fingerprint density at radius 1 is 1.64 bits per heavy atom. The van der Waals surface area contributed by atoms with E-state index in [0.717, 1.165) is 0 Å². The lowest BCUT2D eigenvalue weighted by molar-refractivity contribution is 0.0953. The van der Waals surface area contributed by atoms with Crippen molar-refractivity contribution in [2.75, 3.05) is 12.3 Å². The standard InChI is InChI=1S/C10H13N3O/c1-2-3-7-12-10(14)8-5-4-6-9(11)13-8/h2-6H,7H2,1H3,(H2,11,13)(H,12,14)/b3-2+. The molecule has 0 aliphatic heterocycles. The maximum absolute atomic E-state index is 11.4. The number of rotatable bonds is 3. The van der Waals surface area contributed by atoms with E-state index in [9.17, 15) is 4.79 Å². The average molecular weight is 191 g/mol. The summed E-state index contributed by atoms with van der Waals surface area (Å²) in [6.07, 6.45) is 3.72. The van der Waals surface area contributed by atoms with Gasteiger partial charge in [0.05, 0.1) is 0 Å². The third kappa shape index (κ3) is 2.90. The van der Waals surface area contributed by atoms with E-state index in [0.29, 0.717) is 18.1 Å². The number of aromatic nitrogens is 1. The molecule has 4 nitrogen and oxygen atoms in total. The third-order valence-corrected chi connectivity index (χ3v) is 1.62. The molecule has 0 fully saturated rings. The lowest BCUT2D eigenvalue weighted by Gasteiger charge is -2.01. The lowest BCUT2D eigenvalue weighted by atomic mass is 10.3. The first kappa shape index (κ1) is 10.2. The Hall–Kier alpha value is -1.84. The third-order valence-electron chi connectivity index (χ3n) is 1.62. The molecule has 0 atom stereocenters. The number of nitrogens with one attached hydrogen (secondary N) is 1. The Kier molecular flexibility index (Phi) is 3.67. The van der Waals surface area contributed by atoms with E-state index in [4.69, 9.17) is 5.73 Å². The number of carbonyl (C=O) groups excluding carboxylic acids is 1. The van der Waals surface area contributed by atoms with Gasteiger partial charge in [-0.25, -0.2) is 4.98 Å². The molecule has 1 rings (SSSR count). The molecule has 0 aliphatic rings. The summed E-state index contributed by atoms with van der Waals surface area (Å²) in [5.41, 5.74) is 5.79. The zero-order valence-electron chi connectivity index (χ0n) is 8.03. The van der Waals surface area contributed by atoms with Crippen molar-refractivity contribution in [3.8, 4) is 0 Å². The Morgan fingerprint density at radius 2 is 2.43 bits per heavy atom. The number of hydrogen-bond donors (Lipinski definition) is 2. The second kappa shape index (κ2) is 5.01. The Labute approximate surface area is 82.8 Å². The van der Waals surface area contributed by atoms with Crippen LogP contribution >= 0.6 is 0 Å². The highest BCUT2D eigenvalue weighted by atomic mass is 16.1. The van der Waals surface area contributed by atoms with Gasteiger partial charge in [-0.2, -0.15) is 0 Å². The molecule has 0 spiro atoms. The molecule has 1 amide bonds. The van der Waals surface area contributed by atoms with Gasteiger partial charge in [-0.05, 0) is 19.1 Å². The van der Waals surface area contributed by atoms with E-state index in [-0.39, 0.29) is 5.91 Å². The van der Waals surface area contributed by atoms with Crippen LogP contribution in [0.25, 0.3) is 0 Å². The molecular formula is C10H13N3O. The SMILES string of the molecule is C/C=C/CNC(=O)c1cccc(N)n1. The van der Waals surface area contributed by atoms with Gasteiger partial charge in [0, 0.05) is 6.54 Å². The van der Waals surface area contributed by atoms with Crippen molar-refractivity contribution in [1.82, 2.24) is 10.3 Å². The molecule has 4 heteroatoms. The molecule has 1 heterocycles. The summed E-state index contributed by atoms with van der Waals surface area (Å²) in [6, 6.07) is 4.97. The van der Waals surface area contributed by atoms with Crippen molar-refractivity contribution in [3.63, 3.8) is 0 Å². The van der Waals surface area contributed by atoms with Gasteiger partial charge in [0.15, 0.2) is 0 Å². The maximum Gasteiger partial charge on any atom is 0.270 e. The Bertz CT molecular complexity index is 347. The fourth-order valence-electron chi connectivity index (χ4n) is 0.938. The summed E-state index contributed by atoms with van der Waals surface area (Å²) in [6.45, 7) is 2.40. The first-order chi connectivity index (χ1) is 6.74. The van der Waals surface area contributed by atoms with Crippen molar-refractivity contribution in [2.45, 2.75) is 6.92 Å². The summed E-state index contributed by atoms with van der Waals surface area (Å²) in [5, 5.41) is 2.68. The fourth-order valence-corrected chi connectivity index (χ4v) is 0.938. The van der Waals surface area contributed by atoms with Crippen LogP contribution in [0.2, 0.25) is 0 Å². The van der Waals surface area contributed by atoms with Gasteiger partial charge in [-0.3, -0.25) is 4.79 Å². The fraction of sp³-hybridized carbons (Fsp3) is 0.200. The molecular weight excluding hydrogens is 178 g/mol. The molecule has 1 aromatic rings. The number of nitrogens with two attached hydrogens (primary N) is 1. The van der Waals surface area contributed by atoms with Crippen LogP contribution in [0.1, 0.15) is 17.4 Å². The molecule has 74 valence electrons. The van der Waals surface area contributed by atoms with Crippen LogP contribution in [0.3, 0.4) is 0 Å². The van der Waals surface area contributed by atoms with Crippen LogP contribution in [-0.4, -0.2) is 17.4 Å². The normalized spacial score (nSPS) is 10.4. The Morgan fingerprint density at radius 3 is 3.07 bits per heavy atom. The van der Waals surface area contributed by atoms with Crippen LogP contribution in [0, 0.1) is 0 Å².